The molecule has 0 heterocycles. The van der Waals surface area contributed by atoms with Gasteiger partial charge >= 0.3 is 0 Å². The molecule has 0 aromatic heterocycles. The summed E-state index contributed by atoms with van der Waals surface area (Å²) in [6.07, 6.45) is 0. The highest BCUT2D eigenvalue weighted by molar-refractivity contribution is 9.11. The van der Waals surface area contributed by atoms with Crippen molar-refractivity contribution >= 4 is 37.5 Å². The van der Waals surface area contributed by atoms with E-state index < -0.39 is 4.92 Å². The van der Waals surface area contributed by atoms with Gasteiger partial charge in [-0.15, -0.1) is 0 Å². The summed E-state index contributed by atoms with van der Waals surface area (Å²) in [5, 5.41) is 19.7. The summed E-state index contributed by atoms with van der Waals surface area (Å²) in [6, 6.07) is 11.2. The van der Waals surface area contributed by atoms with Gasteiger partial charge in [0.1, 0.15) is 23.1 Å². The number of nitrogens with zero attached hydrogens (tertiary/aromatic N) is 2. The molecule has 0 saturated carbocycles. The van der Waals surface area contributed by atoms with Crippen molar-refractivity contribution in [3.05, 3.63) is 61.0 Å². The van der Waals surface area contributed by atoms with Crippen molar-refractivity contribution < 1.29 is 9.66 Å². The number of halogens is 2. The quantitative estimate of drug-likeness (QED) is 0.551. The van der Waals surface area contributed by atoms with Crippen LogP contribution >= 0.6 is 31.9 Å². The van der Waals surface area contributed by atoms with Crippen LogP contribution in [0.3, 0.4) is 0 Å². The average molecular weight is 398 g/mol. The normalized spacial score (nSPS) is 9.85. The molecule has 0 aliphatic carbocycles. The lowest BCUT2D eigenvalue weighted by Gasteiger charge is -2.08. The molecule has 0 fully saturated rings. The van der Waals surface area contributed by atoms with Crippen molar-refractivity contribution in [1.29, 1.82) is 5.26 Å². The second kappa shape index (κ2) is 6.03. The fraction of sp³-hybridized carbons (Fsp3) is 0. The van der Waals surface area contributed by atoms with Gasteiger partial charge < -0.3 is 4.74 Å². The van der Waals surface area contributed by atoms with E-state index in [1.165, 1.54) is 18.2 Å². The summed E-state index contributed by atoms with van der Waals surface area (Å²) in [5.74, 6) is 0.904. The maximum Gasteiger partial charge on any atom is 0.287 e. The Balaban J connectivity index is 2.35. The Morgan fingerprint density at radius 1 is 1.20 bits per heavy atom. The Kier molecular flexibility index (Phi) is 4.37. The lowest BCUT2D eigenvalue weighted by Crippen LogP contribution is -1.93. The van der Waals surface area contributed by atoms with Crippen LogP contribution in [0, 0.1) is 21.4 Å². The van der Waals surface area contributed by atoms with Crippen molar-refractivity contribution in [3.8, 4) is 17.6 Å². The first kappa shape index (κ1) is 14.5. The minimum Gasteiger partial charge on any atom is -0.456 e. The topological polar surface area (TPSA) is 76.2 Å². The van der Waals surface area contributed by atoms with Crippen molar-refractivity contribution in [2.75, 3.05) is 0 Å². The molecule has 0 aliphatic heterocycles. The third-order valence-corrected chi connectivity index (χ3v) is 3.52. The van der Waals surface area contributed by atoms with Crippen LogP contribution in [-0.4, -0.2) is 4.92 Å². The van der Waals surface area contributed by atoms with Crippen molar-refractivity contribution in [2.24, 2.45) is 0 Å². The molecule has 0 spiro atoms. The van der Waals surface area contributed by atoms with Crippen molar-refractivity contribution in [1.82, 2.24) is 0 Å². The summed E-state index contributed by atoms with van der Waals surface area (Å²) in [4.78, 5) is 10.1. The highest BCUT2D eigenvalue weighted by Crippen LogP contribution is 2.33. The smallest absolute Gasteiger partial charge is 0.287 e. The van der Waals surface area contributed by atoms with Gasteiger partial charge in [-0.05, 0) is 40.2 Å². The van der Waals surface area contributed by atoms with Crippen molar-refractivity contribution in [3.63, 3.8) is 0 Å². The molecule has 0 atom stereocenters. The summed E-state index contributed by atoms with van der Waals surface area (Å²) >= 11 is 6.68. The van der Waals surface area contributed by atoms with Crippen LogP contribution < -0.4 is 4.74 Å². The van der Waals surface area contributed by atoms with Gasteiger partial charge in [0.25, 0.3) is 5.69 Å². The first-order valence-electron chi connectivity index (χ1n) is 5.32. The number of rotatable bonds is 3. The van der Waals surface area contributed by atoms with E-state index in [0.717, 1.165) is 8.95 Å². The Bertz CT molecular complexity index is 726. The zero-order chi connectivity index (χ0) is 14.7. The predicted molar refractivity (Wildman–Crippen MR) is 79.7 cm³/mol. The molecule has 2 aromatic carbocycles. The molecule has 0 N–H and O–H groups in total. The molecule has 0 bridgehead atoms. The van der Waals surface area contributed by atoms with E-state index in [9.17, 15) is 10.1 Å². The van der Waals surface area contributed by atoms with Crippen molar-refractivity contribution in [2.45, 2.75) is 0 Å². The highest BCUT2D eigenvalue weighted by Gasteiger charge is 2.15. The Morgan fingerprint density at radius 2 is 1.95 bits per heavy atom. The van der Waals surface area contributed by atoms with Gasteiger partial charge in [0.15, 0.2) is 0 Å². The second-order valence-electron chi connectivity index (χ2n) is 3.72. The van der Waals surface area contributed by atoms with Gasteiger partial charge in [-0.25, -0.2) is 0 Å². The highest BCUT2D eigenvalue weighted by atomic mass is 79.9. The Labute approximate surface area is 131 Å². The van der Waals surface area contributed by atoms with E-state index in [1.807, 2.05) is 6.07 Å². The third kappa shape index (κ3) is 3.15. The van der Waals surface area contributed by atoms with Crippen LogP contribution in [0.1, 0.15) is 5.56 Å². The fourth-order valence-electron chi connectivity index (χ4n) is 1.51. The van der Waals surface area contributed by atoms with E-state index in [1.54, 1.807) is 18.2 Å². The maximum absolute atomic E-state index is 10.7. The number of nitro groups is 1. The standard InChI is InChI=1S/C13H6Br2N2O3/c14-9-1-4-13(11(15)6-9)20-10-2-3-12(17(18)19)8(5-10)7-16/h1-6H. The number of ether oxygens (including phenoxy) is 1. The average Bonchev–Trinajstić information content (AvgIpc) is 2.41. The molecular formula is C13H6Br2N2O3. The molecule has 0 radical (unpaired) electrons. The second-order valence-corrected chi connectivity index (χ2v) is 5.49. The molecule has 7 heteroatoms. The zero-order valence-corrected chi connectivity index (χ0v) is 13.0. The van der Waals surface area contributed by atoms with Crippen LogP contribution in [0.15, 0.2) is 45.3 Å². The molecular weight excluding hydrogens is 392 g/mol. The van der Waals surface area contributed by atoms with Gasteiger partial charge in [-0.1, -0.05) is 15.9 Å². The summed E-state index contributed by atoms with van der Waals surface area (Å²) in [6.45, 7) is 0. The largest absolute Gasteiger partial charge is 0.456 e. The van der Waals surface area contributed by atoms with E-state index in [2.05, 4.69) is 31.9 Å². The van der Waals surface area contributed by atoms with E-state index in [-0.39, 0.29) is 11.3 Å². The molecule has 20 heavy (non-hydrogen) atoms. The number of benzene rings is 2. The lowest BCUT2D eigenvalue weighted by molar-refractivity contribution is -0.385. The number of hydrogen-bond donors (Lipinski definition) is 0. The van der Waals surface area contributed by atoms with Crippen LogP contribution in [0.4, 0.5) is 5.69 Å². The minimum atomic E-state index is -0.599. The zero-order valence-electron chi connectivity index (χ0n) is 9.84. The molecule has 2 rings (SSSR count). The fourth-order valence-corrected chi connectivity index (χ4v) is 2.64. The summed E-state index contributed by atoms with van der Waals surface area (Å²) in [7, 11) is 0. The van der Waals surface area contributed by atoms with Crippen LogP contribution in [-0.2, 0) is 0 Å². The van der Waals surface area contributed by atoms with Gasteiger partial charge in [0.2, 0.25) is 0 Å². The van der Waals surface area contributed by atoms with Gasteiger partial charge in [-0.3, -0.25) is 10.1 Å². The first-order chi connectivity index (χ1) is 9.51. The Hall–Kier alpha value is -1.91. The number of nitro benzene ring substituents is 1. The SMILES string of the molecule is N#Cc1cc(Oc2ccc(Br)cc2Br)ccc1[N+](=O)[O-]. The lowest BCUT2D eigenvalue weighted by atomic mass is 10.2. The minimum absolute atomic E-state index is 0.0410. The summed E-state index contributed by atoms with van der Waals surface area (Å²) < 4.78 is 7.21. The molecule has 0 unspecified atom stereocenters. The molecule has 100 valence electrons. The maximum atomic E-state index is 10.7. The van der Waals surface area contributed by atoms with E-state index in [0.29, 0.717) is 11.5 Å². The van der Waals surface area contributed by atoms with E-state index >= 15 is 0 Å². The number of nitriles is 1. The molecule has 0 amide bonds. The molecule has 5 nitrogen and oxygen atoms in total. The van der Waals surface area contributed by atoms with Gasteiger partial charge in [-0.2, -0.15) is 5.26 Å². The van der Waals surface area contributed by atoms with Crippen LogP contribution in [0.25, 0.3) is 0 Å². The third-order valence-electron chi connectivity index (χ3n) is 2.41. The molecule has 2 aromatic rings. The van der Waals surface area contributed by atoms with Crippen LogP contribution in [0.5, 0.6) is 11.5 Å². The Morgan fingerprint density at radius 3 is 2.55 bits per heavy atom. The predicted octanol–water partition coefficient (Wildman–Crippen LogP) is 4.78. The van der Waals surface area contributed by atoms with E-state index in [4.69, 9.17) is 10.00 Å². The van der Waals surface area contributed by atoms with Crippen LogP contribution in [0.2, 0.25) is 0 Å². The molecule has 0 aliphatic rings. The monoisotopic (exact) mass is 396 g/mol. The van der Waals surface area contributed by atoms with Gasteiger partial charge in [0.05, 0.1) is 9.40 Å². The first-order valence-corrected chi connectivity index (χ1v) is 6.91. The summed E-state index contributed by atoms with van der Waals surface area (Å²) in [5.41, 5.74) is -0.282. The molecule has 0 saturated heterocycles. The van der Waals surface area contributed by atoms with Gasteiger partial charge in [0, 0.05) is 16.6 Å². The number of hydrogen-bond acceptors (Lipinski definition) is 4.